The number of H-pyrrole nitrogens is 1. The fourth-order valence-electron chi connectivity index (χ4n) is 5.00. The van der Waals surface area contributed by atoms with E-state index < -0.39 is 0 Å². The van der Waals surface area contributed by atoms with Crippen LogP contribution < -0.4 is 21.1 Å². The average Bonchev–Trinajstić information content (AvgIpc) is 3.58. The van der Waals surface area contributed by atoms with Crippen LogP contribution in [0.4, 0.5) is 17.2 Å². The number of aromatic amines is 1. The number of hydrogen-bond donors (Lipinski definition) is 3. The van der Waals surface area contributed by atoms with Gasteiger partial charge in [-0.3, -0.25) is 9.59 Å². The van der Waals surface area contributed by atoms with Crippen LogP contribution in [0, 0.1) is 0 Å². The van der Waals surface area contributed by atoms with Gasteiger partial charge in [-0.15, -0.1) is 0 Å². The molecule has 1 amide bonds. The van der Waals surface area contributed by atoms with E-state index in [2.05, 4.69) is 35.4 Å². The molecule has 4 heterocycles. The maximum atomic E-state index is 12.9. The van der Waals surface area contributed by atoms with Gasteiger partial charge in [-0.1, -0.05) is 0 Å². The van der Waals surface area contributed by atoms with Crippen LogP contribution in [-0.2, 0) is 0 Å². The molecule has 1 atom stereocenters. The van der Waals surface area contributed by atoms with E-state index in [0.717, 1.165) is 18.8 Å². The van der Waals surface area contributed by atoms with Gasteiger partial charge in [-0.25, -0.2) is 9.97 Å². The molecule has 9 heteroatoms. The van der Waals surface area contributed by atoms with E-state index in [1.807, 2.05) is 24.3 Å². The number of amides is 1. The smallest absolute Gasteiger partial charge is 0.271 e. The molecule has 0 bridgehead atoms. The molecule has 2 aliphatic rings. The van der Waals surface area contributed by atoms with E-state index in [-0.39, 0.29) is 17.2 Å². The van der Waals surface area contributed by atoms with Gasteiger partial charge in [0.1, 0.15) is 17.8 Å². The van der Waals surface area contributed by atoms with E-state index in [9.17, 15) is 9.59 Å². The Labute approximate surface area is 204 Å². The molecular formula is C26H31N7O2. The Bertz CT molecular complexity index is 1230. The summed E-state index contributed by atoms with van der Waals surface area (Å²) >= 11 is 0. The summed E-state index contributed by atoms with van der Waals surface area (Å²) in [6, 6.07) is 11.6. The quantitative estimate of drug-likeness (QED) is 0.484. The zero-order valence-electron chi connectivity index (χ0n) is 20.0. The normalized spacial score (nSPS) is 18.1. The SMILES string of the molecule is CNc1cc(-c2c[nH]c(=O)c(NC(=O)c3ccc(N4CCC[C@H]4CN4CCCC4)cc3)c2)ncn1. The number of likely N-dealkylation sites (tertiary alicyclic amines) is 1. The van der Waals surface area contributed by atoms with E-state index in [1.54, 1.807) is 25.4 Å². The standard InChI is InChI=1S/C26H31N7O2/c1-27-24-14-22(29-17-30-24)19-13-23(26(35)28-15-19)31-25(34)18-6-8-20(9-7-18)33-12-4-5-21(33)16-32-10-2-3-11-32/h6-9,13-15,17,21H,2-5,10-12,16H2,1H3,(H,28,35)(H,31,34)(H,27,29,30)/t21-/m0/s1. The molecule has 5 rings (SSSR count). The number of aromatic nitrogens is 3. The minimum atomic E-state index is -0.372. The second kappa shape index (κ2) is 10.3. The molecule has 182 valence electrons. The molecule has 9 nitrogen and oxygen atoms in total. The lowest BCUT2D eigenvalue weighted by molar-refractivity contribution is 0.102. The van der Waals surface area contributed by atoms with Crippen LogP contribution in [0.3, 0.4) is 0 Å². The summed E-state index contributed by atoms with van der Waals surface area (Å²) in [7, 11) is 1.77. The number of hydrogen-bond acceptors (Lipinski definition) is 7. The number of carbonyl (C=O) groups excluding carboxylic acids is 1. The molecule has 0 aliphatic carbocycles. The van der Waals surface area contributed by atoms with Gasteiger partial charge < -0.3 is 25.4 Å². The van der Waals surface area contributed by atoms with Crippen LogP contribution in [0.1, 0.15) is 36.0 Å². The number of nitrogens with one attached hydrogen (secondary N) is 3. The van der Waals surface area contributed by atoms with Crippen LogP contribution in [0.15, 0.2) is 53.7 Å². The van der Waals surface area contributed by atoms with E-state index in [0.29, 0.717) is 28.7 Å². The lowest BCUT2D eigenvalue weighted by Gasteiger charge is -2.30. The highest BCUT2D eigenvalue weighted by molar-refractivity contribution is 6.04. The Morgan fingerprint density at radius 1 is 1.09 bits per heavy atom. The molecule has 0 unspecified atom stereocenters. The summed E-state index contributed by atoms with van der Waals surface area (Å²) in [5, 5.41) is 5.71. The first-order valence-electron chi connectivity index (χ1n) is 12.2. The Kier molecular flexibility index (Phi) is 6.76. The van der Waals surface area contributed by atoms with Gasteiger partial charge in [0.2, 0.25) is 0 Å². The fourth-order valence-corrected chi connectivity index (χ4v) is 5.00. The minimum Gasteiger partial charge on any atom is -0.373 e. The third kappa shape index (κ3) is 5.19. The van der Waals surface area contributed by atoms with E-state index in [4.69, 9.17) is 0 Å². The molecule has 2 aliphatic heterocycles. The van der Waals surface area contributed by atoms with Crippen LogP contribution >= 0.6 is 0 Å². The minimum absolute atomic E-state index is 0.173. The topological polar surface area (TPSA) is 106 Å². The van der Waals surface area contributed by atoms with E-state index >= 15 is 0 Å². The van der Waals surface area contributed by atoms with Crippen molar-refractivity contribution in [2.45, 2.75) is 31.7 Å². The molecule has 35 heavy (non-hydrogen) atoms. The van der Waals surface area contributed by atoms with Crippen LogP contribution in [0.5, 0.6) is 0 Å². The Balaban J connectivity index is 1.28. The van der Waals surface area contributed by atoms with Crippen molar-refractivity contribution in [3.63, 3.8) is 0 Å². The summed E-state index contributed by atoms with van der Waals surface area (Å²) in [6.07, 6.45) is 8.03. The van der Waals surface area contributed by atoms with Crippen LogP contribution in [0.2, 0.25) is 0 Å². The summed E-state index contributed by atoms with van der Waals surface area (Å²) in [5.41, 5.74) is 2.76. The first-order valence-corrected chi connectivity index (χ1v) is 12.2. The summed E-state index contributed by atoms with van der Waals surface area (Å²) < 4.78 is 0. The number of anilines is 3. The van der Waals surface area contributed by atoms with Gasteiger partial charge in [-0.2, -0.15) is 0 Å². The molecule has 3 aromatic rings. The lowest BCUT2D eigenvalue weighted by atomic mass is 10.1. The van der Waals surface area contributed by atoms with Gasteiger partial charge in [0.25, 0.3) is 11.5 Å². The molecule has 0 radical (unpaired) electrons. The number of nitrogens with zero attached hydrogens (tertiary/aromatic N) is 4. The fraction of sp³-hybridized carbons (Fsp3) is 0.385. The molecule has 2 aromatic heterocycles. The second-order valence-corrected chi connectivity index (χ2v) is 9.17. The first kappa shape index (κ1) is 23.0. The summed E-state index contributed by atoms with van der Waals surface area (Å²) in [4.78, 5) is 41.4. The maximum absolute atomic E-state index is 12.9. The van der Waals surface area contributed by atoms with Crippen molar-refractivity contribution in [1.82, 2.24) is 19.9 Å². The summed E-state index contributed by atoms with van der Waals surface area (Å²) in [5.74, 6) is 0.334. The van der Waals surface area contributed by atoms with Crippen molar-refractivity contribution in [2.75, 3.05) is 48.8 Å². The van der Waals surface area contributed by atoms with Gasteiger partial charge in [0.05, 0.1) is 5.69 Å². The molecule has 2 fully saturated rings. The van der Waals surface area contributed by atoms with E-state index in [1.165, 1.54) is 45.1 Å². The largest absolute Gasteiger partial charge is 0.373 e. The van der Waals surface area contributed by atoms with Crippen molar-refractivity contribution in [3.05, 3.63) is 64.8 Å². The number of pyridine rings is 1. The van der Waals surface area contributed by atoms with Crippen LogP contribution in [0.25, 0.3) is 11.3 Å². The Morgan fingerprint density at radius 2 is 1.89 bits per heavy atom. The zero-order valence-corrected chi connectivity index (χ0v) is 20.0. The molecule has 2 saturated heterocycles. The monoisotopic (exact) mass is 473 g/mol. The zero-order chi connectivity index (χ0) is 24.2. The van der Waals surface area contributed by atoms with Crippen molar-refractivity contribution in [1.29, 1.82) is 0 Å². The number of carbonyl (C=O) groups is 1. The predicted octanol–water partition coefficient (Wildman–Crippen LogP) is 3.19. The third-order valence-electron chi connectivity index (χ3n) is 6.88. The highest BCUT2D eigenvalue weighted by Crippen LogP contribution is 2.27. The molecular weight excluding hydrogens is 442 g/mol. The molecule has 3 N–H and O–H groups in total. The summed E-state index contributed by atoms with van der Waals surface area (Å²) in [6.45, 7) is 4.57. The van der Waals surface area contributed by atoms with Gasteiger partial charge in [0, 0.05) is 55.3 Å². The highest BCUT2D eigenvalue weighted by Gasteiger charge is 2.27. The van der Waals surface area contributed by atoms with Crippen molar-refractivity contribution in [2.24, 2.45) is 0 Å². The molecule has 0 spiro atoms. The molecule has 0 saturated carbocycles. The van der Waals surface area contributed by atoms with Crippen molar-refractivity contribution < 1.29 is 4.79 Å². The van der Waals surface area contributed by atoms with Crippen LogP contribution in [-0.4, -0.2) is 65.0 Å². The van der Waals surface area contributed by atoms with Crippen molar-refractivity contribution in [3.8, 4) is 11.3 Å². The third-order valence-corrected chi connectivity index (χ3v) is 6.88. The van der Waals surface area contributed by atoms with Gasteiger partial charge in [0.15, 0.2) is 0 Å². The number of benzene rings is 1. The average molecular weight is 474 g/mol. The Hall–Kier alpha value is -3.72. The van der Waals surface area contributed by atoms with Gasteiger partial charge in [-0.05, 0) is 69.1 Å². The molecule has 1 aromatic carbocycles. The predicted molar refractivity (Wildman–Crippen MR) is 138 cm³/mol. The number of rotatable bonds is 7. The van der Waals surface area contributed by atoms with Gasteiger partial charge >= 0.3 is 0 Å². The van der Waals surface area contributed by atoms with Crippen molar-refractivity contribution >= 4 is 23.1 Å². The Morgan fingerprint density at radius 3 is 2.66 bits per heavy atom. The maximum Gasteiger partial charge on any atom is 0.271 e. The first-order chi connectivity index (χ1) is 17.1. The highest BCUT2D eigenvalue weighted by atomic mass is 16.2. The second-order valence-electron chi connectivity index (χ2n) is 9.17. The lowest BCUT2D eigenvalue weighted by Crippen LogP contribution is -2.39.